The molecule has 0 bridgehead atoms. The third-order valence-electron chi connectivity index (χ3n) is 4.15. The molecule has 1 aliphatic rings. The van der Waals surface area contributed by atoms with Crippen molar-refractivity contribution in [3.63, 3.8) is 0 Å². The Balaban J connectivity index is 1.46. The van der Waals surface area contributed by atoms with Crippen molar-refractivity contribution in [1.29, 1.82) is 0 Å². The molecule has 3 nitrogen and oxygen atoms in total. The number of hydrogen-bond acceptors (Lipinski definition) is 4. The summed E-state index contributed by atoms with van der Waals surface area (Å²) in [5, 5.41) is 7.18. The molecule has 1 aliphatic carbocycles. The highest BCUT2D eigenvalue weighted by atomic mass is 32.1. The Morgan fingerprint density at radius 2 is 2.00 bits per heavy atom. The zero-order valence-corrected chi connectivity index (χ0v) is 14.9. The standard InChI is InChI=1S/C19H18N2OS2/c22-18(21(17-6-7-17)11-14-8-9-23-12-14)10-16-13-24-19(20-16)15-4-2-1-3-5-15/h1-5,8-9,12-13,17H,6-7,10-11H2. The van der Waals surface area contributed by atoms with Crippen LogP contribution in [0.4, 0.5) is 0 Å². The Hall–Kier alpha value is -1.98. The first-order valence-electron chi connectivity index (χ1n) is 8.10. The minimum absolute atomic E-state index is 0.189. The molecule has 1 saturated carbocycles. The van der Waals surface area contributed by atoms with Crippen LogP contribution in [0.15, 0.2) is 52.5 Å². The van der Waals surface area contributed by atoms with Crippen molar-refractivity contribution in [3.05, 3.63) is 63.8 Å². The quantitative estimate of drug-likeness (QED) is 0.648. The summed E-state index contributed by atoms with van der Waals surface area (Å²) in [6.07, 6.45) is 2.65. The maximum atomic E-state index is 12.8. The van der Waals surface area contributed by atoms with Gasteiger partial charge in [-0.3, -0.25) is 4.79 Å². The fourth-order valence-electron chi connectivity index (χ4n) is 2.74. The monoisotopic (exact) mass is 354 g/mol. The van der Waals surface area contributed by atoms with E-state index in [-0.39, 0.29) is 5.91 Å². The van der Waals surface area contributed by atoms with Gasteiger partial charge in [0.25, 0.3) is 0 Å². The van der Waals surface area contributed by atoms with Crippen molar-refractivity contribution in [2.75, 3.05) is 0 Å². The topological polar surface area (TPSA) is 33.2 Å². The molecule has 1 amide bonds. The molecule has 2 aromatic heterocycles. The molecule has 0 unspecified atom stereocenters. The number of amides is 1. The van der Waals surface area contributed by atoms with E-state index in [1.807, 2.05) is 28.5 Å². The lowest BCUT2D eigenvalue weighted by Gasteiger charge is -2.21. The van der Waals surface area contributed by atoms with Gasteiger partial charge in [-0.2, -0.15) is 11.3 Å². The van der Waals surface area contributed by atoms with Crippen molar-refractivity contribution < 1.29 is 4.79 Å². The Bertz CT molecular complexity index is 807. The van der Waals surface area contributed by atoms with Gasteiger partial charge in [0.1, 0.15) is 5.01 Å². The van der Waals surface area contributed by atoms with Crippen LogP contribution in [0.25, 0.3) is 10.6 Å². The average Bonchev–Trinajstić information content (AvgIpc) is 3.11. The molecule has 122 valence electrons. The molecular weight excluding hydrogens is 336 g/mol. The lowest BCUT2D eigenvalue weighted by atomic mass is 10.2. The third-order valence-corrected chi connectivity index (χ3v) is 5.82. The van der Waals surface area contributed by atoms with Gasteiger partial charge >= 0.3 is 0 Å². The van der Waals surface area contributed by atoms with Crippen molar-refractivity contribution in [2.45, 2.75) is 31.8 Å². The van der Waals surface area contributed by atoms with Crippen molar-refractivity contribution in [2.24, 2.45) is 0 Å². The minimum Gasteiger partial charge on any atom is -0.335 e. The minimum atomic E-state index is 0.189. The van der Waals surface area contributed by atoms with E-state index >= 15 is 0 Å². The van der Waals surface area contributed by atoms with Crippen molar-refractivity contribution in [3.8, 4) is 10.6 Å². The fraction of sp³-hybridized carbons (Fsp3) is 0.263. The second kappa shape index (κ2) is 6.87. The van der Waals surface area contributed by atoms with Crippen LogP contribution in [0.5, 0.6) is 0 Å². The van der Waals surface area contributed by atoms with Crippen molar-refractivity contribution in [1.82, 2.24) is 9.88 Å². The van der Waals surface area contributed by atoms with Gasteiger partial charge in [-0.1, -0.05) is 30.3 Å². The average molecular weight is 355 g/mol. The second-order valence-electron chi connectivity index (χ2n) is 6.07. The summed E-state index contributed by atoms with van der Waals surface area (Å²) in [5.74, 6) is 0.189. The molecule has 0 aliphatic heterocycles. The predicted molar refractivity (Wildman–Crippen MR) is 99.1 cm³/mol. The zero-order valence-electron chi connectivity index (χ0n) is 13.2. The number of rotatable bonds is 6. The van der Waals surface area contributed by atoms with Crippen LogP contribution in [0, 0.1) is 0 Å². The SMILES string of the molecule is O=C(Cc1csc(-c2ccccc2)n1)N(Cc1ccsc1)C1CC1. The highest BCUT2D eigenvalue weighted by Crippen LogP contribution is 2.30. The van der Waals surface area contributed by atoms with E-state index in [1.165, 1.54) is 5.56 Å². The maximum Gasteiger partial charge on any atom is 0.229 e. The van der Waals surface area contributed by atoms with E-state index in [0.29, 0.717) is 12.5 Å². The first-order chi connectivity index (χ1) is 11.8. The van der Waals surface area contributed by atoms with E-state index < -0.39 is 0 Å². The predicted octanol–water partition coefficient (Wildman–Crippen LogP) is 4.61. The van der Waals surface area contributed by atoms with Gasteiger partial charge in [0.05, 0.1) is 12.1 Å². The molecular formula is C19H18N2OS2. The normalized spacial score (nSPS) is 13.8. The second-order valence-corrected chi connectivity index (χ2v) is 7.71. The molecule has 4 rings (SSSR count). The van der Waals surface area contributed by atoms with Gasteiger partial charge in [0.15, 0.2) is 0 Å². The van der Waals surface area contributed by atoms with Crippen LogP contribution in [0.2, 0.25) is 0 Å². The Labute approximate surface area is 149 Å². The van der Waals surface area contributed by atoms with Crippen molar-refractivity contribution >= 4 is 28.6 Å². The molecule has 0 saturated heterocycles. The number of carbonyl (C=O) groups excluding carboxylic acids is 1. The molecule has 0 atom stereocenters. The molecule has 0 N–H and O–H groups in total. The van der Waals surface area contributed by atoms with E-state index in [4.69, 9.17) is 0 Å². The maximum absolute atomic E-state index is 12.8. The van der Waals surface area contributed by atoms with Gasteiger partial charge < -0.3 is 4.90 Å². The Kier molecular flexibility index (Phi) is 4.45. The summed E-state index contributed by atoms with van der Waals surface area (Å²) in [5.41, 5.74) is 3.21. The molecule has 5 heteroatoms. The molecule has 0 spiro atoms. The first-order valence-corrected chi connectivity index (χ1v) is 9.92. The van der Waals surface area contributed by atoms with Crippen LogP contribution in [-0.4, -0.2) is 21.8 Å². The number of hydrogen-bond donors (Lipinski definition) is 0. The molecule has 1 aromatic carbocycles. The van der Waals surface area contributed by atoms with Gasteiger partial charge in [-0.25, -0.2) is 4.98 Å². The van der Waals surface area contributed by atoms with E-state index in [9.17, 15) is 4.79 Å². The first kappa shape index (κ1) is 15.5. The number of carbonyl (C=O) groups is 1. The van der Waals surface area contributed by atoms with Crippen LogP contribution in [-0.2, 0) is 17.8 Å². The van der Waals surface area contributed by atoms with Crippen LogP contribution >= 0.6 is 22.7 Å². The number of benzene rings is 1. The van der Waals surface area contributed by atoms with Crippen LogP contribution < -0.4 is 0 Å². The third kappa shape index (κ3) is 3.57. The molecule has 0 radical (unpaired) electrons. The Morgan fingerprint density at radius 1 is 1.17 bits per heavy atom. The Morgan fingerprint density at radius 3 is 2.71 bits per heavy atom. The summed E-state index contributed by atoms with van der Waals surface area (Å²) in [7, 11) is 0. The van der Waals surface area contributed by atoms with Gasteiger partial charge in [-0.15, -0.1) is 11.3 Å². The van der Waals surface area contributed by atoms with E-state index in [0.717, 1.165) is 35.7 Å². The number of aromatic nitrogens is 1. The molecule has 1 fully saturated rings. The smallest absolute Gasteiger partial charge is 0.229 e. The van der Waals surface area contributed by atoms with Crippen LogP contribution in [0.1, 0.15) is 24.1 Å². The largest absolute Gasteiger partial charge is 0.335 e. The summed E-state index contributed by atoms with van der Waals surface area (Å²) in [4.78, 5) is 19.4. The highest BCUT2D eigenvalue weighted by Gasteiger charge is 2.32. The summed E-state index contributed by atoms with van der Waals surface area (Å²) in [6.45, 7) is 0.725. The lowest BCUT2D eigenvalue weighted by molar-refractivity contribution is -0.131. The summed E-state index contributed by atoms with van der Waals surface area (Å²) < 4.78 is 0. The van der Waals surface area contributed by atoms with Crippen LogP contribution in [0.3, 0.4) is 0 Å². The highest BCUT2D eigenvalue weighted by molar-refractivity contribution is 7.13. The molecule has 2 heterocycles. The zero-order chi connectivity index (χ0) is 16.4. The number of thiazole rings is 1. The summed E-state index contributed by atoms with van der Waals surface area (Å²) in [6, 6.07) is 12.6. The van der Waals surface area contributed by atoms with Gasteiger partial charge in [0, 0.05) is 23.5 Å². The summed E-state index contributed by atoms with van der Waals surface area (Å²) >= 11 is 3.29. The van der Waals surface area contributed by atoms with E-state index in [2.05, 4.69) is 33.9 Å². The fourth-order valence-corrected chi connectivity index (χ4v) is 4.23. The molecule has 3 aromatic rings. The van der Waals surface area contributed by atoms with Gasteiger partial charge in [-0.05, 0) is 35.2 Å². The van der Waals surface area contributed by atoms with Gasteiger partial charge in [0.2, 0.25) is 5.91 Å². The lowest BCUT2D eigenvalue weighted by Crippen LogP contribution is -2.33. The molecule has 24 heavy (non-hydrogen) atoms. The van der Waals surface area contributed by atoms with E-state index in [1.54, 1.807) is 22.7 Å². The number of thiophene rings is 1. The number of nitrogens with zero attached hydrogens (tertiary/aromatic N) is 2.